The molecule has 0 atom stereocenters. The fraction of sp³-hybridized carbons (Fsp3) is 0.167. The number of carbonyl (C=O) groups is 1. The Labute approximate surface area is 79.7 Å². The molecule has 0 aliphatic carbocycles. The third kappa shape index (κ3) is 1.68. The van der Waals surface area contributed by atoms with Crippen molar-refractivity contribution in [1.82, 2.24) is 0 Å². The number of hydrogen-bond acceptors (Lipinski definition) is 2. The van der Waals surface area contributed by atoms with E-state index in [9.17, 15) is 4.79 Å². The molecule has 1 heterocycles. The van der Waals surface area contributed by atoms with Crippen LogP contribution < -0.4 is 0 Å². The van der Waals surface area contributed by atoms with Crippen molar-refractivity contribution in [2.24, 2.45) is 0 Å². The number of Topliss-reactive ketones (excluding diaryl/α,β-unsaturated/α-hetero) is 1. The van der Waals surface area contributed by atoms with Gasteiger partial charge in [0.1, 0.15) is 0 Å². The number of thiophene rings is 1. The van der Waals surface area contributed by atoms with Gasteiger partial charge < -0.3 is 0 Å². The van der Waals surface area contributed by atoms with Crippen molar-refractivity contribution in [1.29, 1.82) is 0 Å². The maximum atomic E-state index is 11.0. The SMILES string of the molecule is O=C(CBr)c1ccsc1Br. The lowest BCUT2D eigenvalue weighted by atomic mass is 10.2. The topological polar surface area (TPSA) is 17.1 Å². The van der Waals surface area contributed by atoms with Gasteiger partial charge in [-0.25, -0.2) is 0 Å². The van der Waals surface area contributed by atoms with Gasteiger partial charge in [0, 0.05) is 5.56 Å². The van der Waals surface area contributed by atoms with Crippen LogP contribution in [0.1, 0.15) is 10.4 Å². The predicted molar refractivity (Wildman–Crippen MR) is 50.1 cm³/mol. The smallest absolute Gasteiger partial charge is 0.175 e. The second-order valence-electron chi connectivity index (χ2n) is 1.66. The summed E-state index contributed by atoms with van der Waals surface area (Å²) in [6.07, 6.45) is 0. The molecule has 0 unspecified atom stereocenters. The Morgan fingerprint density at radius 1 is 1.70 bits per heavy atom. The fourth-order valence-corrected chi connectivity index (χ4v) is 2.18. The van der Waals surface area contributed by atoms with Crippen LogP contribution in [0.2, 0.25) is 0 Å². The van der Waals surface area contributed by atoms with E-state index in [0.29, 0.717) is 5.33 Å². The first-order chi connectivity index (χ1) is 4.75. The van der Waals surface area contributed by atoms with Crippen LogP contribution in [0.15, 0.2) is 15.2 Å². The molecule has 10 heavy (non-hydrogen) atoms. The van der Waals surface area contributed by atoms with Gasteiger partial charge in [-0.1, -0.05) is 15.9 Å². The monoisotopic (exact) mass is 282 g/mol. The zero-order chi connectivity index (χ0) is 7.56. The molecule has 0 saturated heterocycles. The number of halogens is 2. The molecule has 1 nitrogen and oxygen atoms in total. The zero-order valence-electron chi connectivity index (χ0n) is 4.93. The van der Waals surface area contributed by atoms with Gasteiger partial charge in [0.05, 0.1) is 9.12 Å². The van der Waals surface area contributed by atoms with E-state index in [2.05, 4.69) is 31.9 Å². The Morgan fingerprint density at radius 3 is 2.80 bits per heavy atom. The third-order valence-corrected chi connectivity index (χ3v) is 3.24. The van der Waals surface area contributed by atoms with E-state index < -0.39 is 0 Å². The van der Waals surface area contributed by atoms with Crippen molar-refractivity contribution < 1.29 is 4.79 Å². The largest absolute Gasteiger partial charge is 0.293 e. The minimum Gasteiger partial charge on any atom is -0.293 e. The summed E-state index contributed by atoms with van der Waals surface area (Å²) < 4.78 is 0.914. The summed E-state index contributed by atoms with van der Waals surface area (Å²) in [5.41, 5.74) is 0.766. The highest BCUT2D eigenvalue weighted by atomic mass is 79.9. The van der Waals surface area contributed by atoms with Crippen molar-refractivity contribution in [2.75, 3.05) is 5.33 Å². The Bertz CT molecular complexity index is 244. The van der Waals surface area contributed by atoms with Crippen molar-refractivity contribution in [3.8, 4) is 0 Å². The summed E-state index contributed by atoms with van der Waals surface area (Å²) in [7, 11) is 0. The lowest BCUT2D eigenvalue weighted by Gasteiger charge is -1.90. The molecule has 0 bridgehead atoms. The van der Waals surface area contributed by atoms with Gasteiger partial charge in [-0.3, -0.25) is 4.79 Å². The van der Waals surface area contributed by atoms with Crippen LogP contribution in [0.5, 0.6) is 0 Å². The maximum Gasteiger partial charge on any atom is 0.175 e. The van der Waals surface area contributed by atoms with E-state index >= 15 is 0 Å². The normalized spacial score (nSPS) is 9.80. The lowest BCUT2D eigenvalue weighted by molar-refractivity contribution is 0.102. The van der Waals surface area contributed by atoms with Crippen molar-refractivity contribution >= 4 is 49.0 Å². The number of alkyl halides is 1. The minimum atomic E-state index is 0.119. The molecular weight excluding hydrogens is 280 g/mol. The van der Waals surface area contributed by atoms with Gasteiger partial charge in [-0.2, -0.15) is 0 Å². The molecule has 0 aliphatic rings. The zero-order valence-corrected chi connectivity index (χ0v) is 8.92. The Hall–Kier alpha value is 0.330. The standard InChI is InChI=1S/C6H4Br2OS/c7-3-5(9)4-1-2-10-6(4)8/h1-2H,3H2. The quantitative estimate of drug-likeness (QED) is 0.602. The van der Waals surface area contributed by atoms with Gasteiger partial charge in [-0.15, -0.1) is 11.3 Å². The van der Waals surface area contributed by atoms with Crippen molar-refractivity contribution in [2.45, 2.75) is 0 Å². The van der Waals surface area contributed by atoms with Crippen LogP contribution in [0.4, 0.5) is 0 Å². The van der Waals surface area contributed by atoms with E-state index in [4.69, 9.17) is 0 Å². The Morgan fingerprint density at radius 2 is 2.40 bits per heavy atom. The summed E-state index contributed by atoms with van der Waals surface area (Å²) in [5.74, 6) is 0.119. The molecule has 0 spiro atoms. The Kier molecular flexibility index (Phi) is 3.07. The lowest BCUT2D eigenvalue weighted by Crippen LogP contribution is -1.97. The van der Waals surface area contributed by atoms with Crippen LogP contribution in [-0.2, 0) is 0 Å². The first kappa shape index (κ1) is 8.43. The molecular formula is C6H4Br2OS. The van der Waals surface area contributed by atoms with Crippen LogP contribution in [0.3, 0.4) is 0 Å². The molecule has 1 rings (SSSR count). The van der Waals surface area contributed by atoms with Crippen molar-refractivity contribution in [3.63, 3.8) is 0 Å². The molecule has 0 saturated carbocycles. The first-order valence-electron chi connectivity index (χ1n) is 2.58. The molecule has 0 N–H and O–H groups in total. The molecule has 1 aromatic rings. The summed E-state index contributed by atoms with van der Waals surface area (Å²) in [6, 6.07) is 1.82. The van der Waals surface area contributed by atoms with E-state index in [0.717, 1.165) is 9.35 Å². The molecule has 0 aliphatic heterocycles. The third-order valence-electron chi connectivity index (χ3n) is 1.04. The van der Waals surface area contributed by atoms with Crippen molar-refractivity contribution in [3.05, 3.63) is 20.8 Å². The summed E-state index contributed by atoms with van der Waals surface area (Å²) in [6.45, 7) is 0. The highest BCUT2D eigenvalue weighted by Gasteiger charge is 2.08. The maximum absolute atomic E-state index is 11.0. The Balaban J connectivity index is 2.93. The van der Waals surface area contributed by atoms with E-state index in [1.807, 2.05) is 11.4 Å². The molecule has 0 amide bonds. The van der Waals surface area contributed by atoms with Gasteiger partial charge in [0.25, 0.3) is 0 Å². The number of hydrogen-bond donors (Lipinski definition) is 0. The first-order valence-corrected chi connectivity index (χ1v) is 5.37. The van der Waals surface area contributed by atoms with Gasteiger partial charge >= 0.3 is 0 Å². The highest BCUT2D eigenvalue weighted by molar-refractivity contribution is 9.11. The number of ketones is 1. The number of carbonyl (C=O) groups excluding carboxylic acids is 1. The average Bonchev–Trinajstić information content (AvgIpc) is 2.34. The highest BCUT2D eigenvalue weighted by Crippen LogP contribution is 2.23. The molecule has 4 heteroatoms. The summed E-state index contributed by atoms with van der Waals surface area (Å²) in [4.78, 5) is 11.0. The van der Waals surface area contributed by atoms with Crippen LogP contribution in [-0.4, -0.2) is 11.1 Å². The minimum absolute atomic E-state index is 0.119. The van der Waals surface area contributed by atoms with E-state index in [1.165, 1.54) is 11.3 Å². The van der Waals surface area contributed by atoms with Gasteiger partial charge in [-0.05, 0) is 27.4 Å². The molecule has 0 fully saturated rings. The fourth-order valence-electron chi connectivity index (χ4n) is 0.565. The van der Waals surface area contributed by atoms with E-state index in [-0.39, 0.29) is 5.78 Å². The molecule has 0 radical (unpaired) electrons. The predicted octanol–water partition coefficient (Wildman–Crippen LogP) is 3.09. The van der Waals surface area contributed by atoms with Crippen LogP contribution >= 0.6 is 43.2 Å². The average molecular weight is 284 g/mol. The van der Waals surface area contributed by atoms with Gasteiger partial charge in [0.2, 0.25) is 0 Å². The summed E-state index contributed by atoms with van der Waals surface area (Å²) >= 11 is 7.91. The van der Waals surface area contributed by atoms with Crippen LogP contribution in [0, 0.1) is 0 Å². The second-order valence-corrected chi connectivity index (χ2v) is 4.46. The molecule has 1 aromatic heterocycles. The van der Waals surface area contributed by atoms with Gasteiger partial charge in [0.15, 0.2) is 5.78 Å². The van der Waals surface area contributed by atoms with Crippen LogP contribution in [0.25, 0.3) is 0 Å². The number of rotatable bonds is 2. The molecule has 54 valence electrons. The second kappa shape index (κ2) is 3.64. The molecule has 0 aromatic carbocycles. The van der Waals surface area contributed by atoms with E-state index in [1.54, 1.807) is 0 Å². The summed E-state index contributed by atoms with van der Waals surface area (Å²) in [5, 5.41) is 2.28.